The Morgan fingerprint density at radius 1 is 1.48 bits per heavy atom. The van der Waals surface area contributed by atoms with Crippen molar-refractivity contribution >= 4 is 11.6 Å². The van der Waals surface area contributed by atoms with Crippen LogP contribution in [-0.4, -0.2) is 24.1 Å². The van der Waals surface area contributed by atoms with E-state index in [2.05, 4.69) is 17.6 Å². The lowest BCUT2D eigenvalue weighted by molar-refractivity contribution is -0.122. The predicted molar refractivity (Wildman–Crippen MR) is 85.3 cm³/mol. The van der Waals surface area contributed by atoms with Gasteiger partial charge in [-0.2, -0.15) is 0 Å². The van der Waals surface area contributed by atoms with Crippen LogP contribution >= 0.6 is 0 Å². The summed E-state index contributed by atoms with van der Waals surface area (Å²) in [4.78, 5) is 12.5. The summed E-state index contributed by atoms with van der Waals surface area (Å²) in [6.45, 7) is 7.58. The lowest BCUT2D eigenvalue weighted by Gasteiger charge is -2.26. The topological polar surface area (TPSA) is 50.4 Å². The van der Waals surface area contributed by atoms with Crippen LogP contribution in [0.4, 0.5) is 5.69 Å². The molecular formula is C17H26N2O2. The Bertz CT molecular complexity index is 479. The monoisotopic (exact) mass is 290 g/mol. The first-order valence-corrected chi connectivity index (χ1v) is 7.83. The van der Waals surface area contributed by atoms with E-state index in [1.165, 1.54) is 0 Å². The van der Waals surface area contributed by atoms with E-state index in [1.54, 1.807) is 0 Å². The van der Waals surface area contributed by atoms with E-state index in [-0.39, 0.29) is 12.0 Å². The van der Waals surface area contributed by atoms with Crippen molar-refractivity contribution in [2.45, 2.75) is 58.3 Å². The van der Waals surface area contributed by atoms with Gasteiger partial charge in [-0.3, -0.25) is 4.79 Å². The third-order valence-corrected chi connectivity index (χ3v) is 4.05. The van der Waals surface area contributed by atoms with E-state index in [0.29, 0.717) is 6.61 Å². The van der Waals surface area contributed by atoms with E-state index in [4.69, 9.17) is 4.74 Å². The van der Waals surface area contributed by atoms with Crippen molar-refractivity contribution in [1.82, 2.24) is 5.32 Å². The van der Waals surface area contributed by atoms with Crippen molar-refractivity contribution < 1.29 is 9.53 Å². The number of ether oxygens (including phenoxy) is 1. The van der Waals surface area contributed by atoms with E-state index in [0.717, 1.165) is 37.1 Å². The van der Waals surface area contributed by atoms with Gasteiger partial charge in [0.1, 0.15) is 0 Å². The standard InChI is InChI=1S/C17H26N2O2/c1-4-17(9-6-10-18-17)16(20)19-15-8-5-7-14(11-15)12-21-13(2)3/h5,7-8,11,13,18H,4,6,9-10,12H2,1-3H3,(H,19,20)/t17-/m1/s1. The molecule has 1 amide bonds. The predicted octanol–water partition coefficient (Wildman–Crippen LogP) is 3.08. The molecule has 1 aliphatic rings. The lowest BCUT2D eigenvalue weighted by Crippen LogP contribution is -2.50. The summed E-state index contributed by atoms with van der Waals surface area (Å²) in [5.74, 6) is 0.0735. The highest BCUT2D eigenvalue weighted by molar-refractivity contribution is 5.98. The molecule has 116 valence electrons. The minimum atomic E-state index is -0.398. The van der Waals surface area contributed by atoms with Gasteiger partial charge in [0.15, 0.2) is 0 Å². The molecule has 1 aliphatic heterocycles. The Kier molecular flexibility index (Phi) is 5.37. The van der Waals surface area contributed by atoms with Gasteiger partial charge in [-0.1, -0.05) is 19.1 Å². The van der Waals surface area contributed by atoms with Gasteiger partial charge in [-0.15, -0.1) is 0 Å². The van der Waals surface area contributed by atoms with Crippen LogP contribution in [-0.2, 0) is 16.1 Å². The Hall–Kier alpha value is -1.39. The van der Waals surface area contributed by atoms with E-state index >= 15 is 0 Å². The van der Waals surface area contributed by atoms with Crippen LogP contribution in [0.15, 0.2) is 24.3 Å². The third-order valence-electron chi connectivity index (χ3n) is 4.05. The molecule has 21 heavy (non-hydrogen) atoms. The summed E-state index contributed by atoms with van der Waals surface area (Å²) in [7, 11) is 0. The van der Waals surface area contributed by atoms with E-state index in [9.17, 15) is 4.79 Å². The third kappa shape index (κ3) is 4.05. The zero-order chi connectivity index (χ0) is 15.3. The Morgan fingerprint density at radius 3 is 2.90 bits per heavy atom. The molecule has 0 unspecified atom stereocenters. The summed E-state index contributed by atoms with van der Waals surface area (Å²) in [6, 6.07) is 7.88. The highest BCUT2D eigenvalue weighted by Crippen LogP contribution is 2.25. The lowest BCUT2D eigenvalue weighted by atomic mass is 9.93. The van der Waals surface area contributed by atoms with Crippen molar-refractivity contribution in [2.75, 3.05) is 11.9 Å². The number of amides is 1. The second-order valence-corrected chi connectivity index (χ2v) is 5.98. The fourth-order valence-corrected chi connectivity index (χ4v) is 2.71. The number of hydrogen-bond acceptors (Lipinski definition) is 3. The molecule has 0 spiro atoms. The molecule has 1 aromatic carbocycles. The molecule has 2 rings (SSSR count). The van der Waals surface area contributed by atoms with Gasteiger partial charge < -0.3 is 15.4 Å². The Labute approximate surface area is 127 Å². The number of hydrogen-bond donors (Lipinski definition) is 2. The zero-order valence-corrected chi connectivity index (χ0v) is 13.2. The van der Waals surface area contributed by atoms with Gasteiger partial charge in [0, 0.05) is 5.69 Å². The van der Waals surface area contributed by atoms with Gasteiger partial charge in [0.05, 0.1) is 18.2 Å². The maximum absolute atomic E-state index is 12.5. The summed E-state index contributed by atoms with van der Waals surface area (Å²) < 4.78 is 5.60. The second-order valence-electron chi connectivity index (χ2n) is 5.98. The molecule has 0 bridgehead atoms. The fraction of sp³-hybridized carbons (Fsp3) is 0.588. The molecule has 1 saturated heterocycles. The zero-order valence-electron chi connectivity index (χ0n) is 13.2. The van der Waals surface area contributed by atoms with E-state index < -0.39 is 5.54 Å². The van der Waals surface area contributed by atoms with Crippen LogP contribution in [0.3, 0.4) is 0 Å². The summed E-state index contributed by atoms with van der Waals surface area (Å²) in [5, 5.41) is 6.40. The SMILES string of the molecule is CC[C@]1(C(=O)Nc2cccc(COC(C)C)c2)CCCN1. The number of anilines is 1. The molecule has 2 N–H and O–H groups in total. The average Bonchev–Trinajstić information content (AvgIpc) is 2.96. The smallest absolute Gasteiger partial charge is 0.244 e. The summed E-state index contributed by atoms with van der Waals surface area (Å²) in [5.41, 5.74) is 1.52. The van der Waals surface area contributed by atoms with Crippen LogP contribution in [0.1, 0.15) is 45.6 Å². The van der Waals surface area contributed by atoms with Crippen molar-refractivity contribution in [2.24, 2.45) is 0 Å². The first-order valence-electron chi connectivity index (χ1n) is 7.83. The van der Waals surface area contributed by atoms with Crippen LogP contribution in [0.2, 0.25) is 0 Å². The molecule has 0 aromatic heterocycles. The van der Waals surface area contributed by atoms with E-state index in [1.807, 2.05) is 38.1 Å². The molecule has 1 aromatic rings. The largest absolute Gasteiger partial charge is 0.374 e. The van der Waals surface area contributed by atoms with Crippen molar-refractivity contribution in [1.29, 1.82) is 0 Å². The number of rotatable bonds is 6. The van der Waals surface area contributed by atoms with Crippen molar-refractivity contribution in [3.63, 3.8) is 0 Å². The number of benzene rings is 1. The normalized spacial score (nSPS) is 21.7. The van der Waals surface area contributed by atoms with Crippen molar-refractivity contribution in [3.8, 4) is 0 Å². The van der Waals surface area contributed by atoms with Crippen LogP contribution in [0, 0.1) is 0 Å². The Balaban J connectivity index is 2.02. The number of carbonyl (C=O) groups is 1. The first-order chi connectivity index (χ1) is 10.1. The van der Waals surface area contributed by atoms with Crippen molar-refractivity contribution in [3.05, 3.63) is 29.8 Å². The minimum Gasteiger partial charge on any atom is -0.374 e. The number of nitrogens with one attached hydrogen (secondary N) is 2. The molecule has 1 atom stereocenters. The first kappa shape index (κ1) is 16.0. The quantitative estimate of drug-likeness (QED) is 0.846. The second kappa shape index (κ2) is 7.05. The summed E-state index contributed by atoms with van der Waals surface area (Å²) in [6.07, 6.45) is 2.98. The van der Waals surface area contributed by atoms with Gasteiger partial charge in [0.2, 0.25) is 5.91 Å². The highest BCUT2D eigenvalue weighted by Gasteiger charge is 2.38. The molecular weight excluding hydrogens is 264 g/mol. The highest BCUT2D eigenvalue weighted by atomic mass is 16.5. The molecule has 1 fully saturated rings. The maximum Gasteiger partial charge on any atom is 0.244 e. The molecule has 0 saturated carbocycles. The van der Waals surface area contributed by atoms with Crippen LogP contribution in [0.25, 0.3) is 0 Å². The molecule has 0 aliphatic carbocycles. The van der Waals surface area contributed by atoms with Gasteiger partial charge >= 0.3 is 0 Å². The summed E-state index contributed by atoms with van der Waals surface area (Å²) >= 11 is 0. The minimum absolute atomic E-state index is 0.0735. The molecule has 4 heteroatoms. The Morgan fingerprint density at radius 2 is 2.29 bits per heavy atom. The van der Waals surface area contributed by atoms with Crippen LogP contribution < -0.4 is 10.6 Å². The number of carbonyl (C=O) groups excluding carboxylic acids is 1. The molecule has 4 nitrogen and oxygen atoms in total. The average molecular weight is 290 g/mol. The maximum atomic E-state index is 12.5. The fourth-order valence-electron chi connectivity index (χ4n) is 2.71. The van der Waals surface area contributed by atoms with Gasteiger partial charge in [-0.25, -0.2) is 0 Å². The van der Waals surface area contributed by atoms with Gasteiger partial charge in [-0.05, 0) is 57.4 Å². The molecule has 1 heterocycles. The van der Waals surface area contributed by atoms with Crippen LogP contribution in [0.5, 0.6) is 0 Å². The molecule has 0 radical (unpaired) electrons. The van der Waals surface area contributed by atoms with Gasteiger partial charge in [0.25, 0.3) is 0 Å².